The predicted octanol–water partition coefficient (Wildman–Crippen LogP) is 1.34. The topological polar surface area (TPSA) is 63.5 Å². The predicted molar refractivity (Wildman–Crippen MR) is 56.9 cm³/mol. The van der Waals surface area contributed by atoms with Crippen LogP contribution in [0.25, 0.3) is 0 Å². The smallest absolute Gasteiger partial charge is 0.188 e. The van der Waals surface area contributed by atoms with Crippen molar-refractivity contribution in [2.75, 3.05) is 6.54 Å². The van der Waals surface area contributed by atoms with Gasteiger partial charge in [-0.3, -0.25) is 0 Å². The summed E-state index contributed by atoms with van der Waals surface area (Å²) < 4.78 is 4.91. The molecule has 4 heteroatoms. The maximum atomic E-state index is 5.65. The second-order valence-electron chi connectivity index (χ2n) is 3.61. The molecule has 1 rings (SSSR count). The molecule has 0 bridgehead atoms. The minimum atomic E-state index is 0.486. The highest BCUT2D eigenvalue weighted by molar-refractivity contribution is 5.77. The summed E-state index contributed by atoms with van der Waals surface area (Å²) in [6.07, 6.45) is 3.29. The highest BCUT2D eigenvalue weighted by atomic mass is 16.3. The molecule has 0 saturated heterocycles. The van der Waals surface area contributed by atoms with Gasteiger partial charge in [-0.2, -0.15) is 0 Å². The van der Waals surface area contributed by atoms with Crippen LogP contribution in [0.15, 0.2) is 28.0 Å². The molecule has 0 amide bonds. The number of nitrogens with zero attached hydrogens (tertiary/aromatic N) is 1. The van der Waals surface area contributed by atoms with E-state index in [1.807, 2.05) is 6.07 Å². The van der Waals surface area contributed by atoms with Gasteiger partial charge < -0.3 is 15.5 Å². The Morgan fingerprint density at radius 3 is 3.00 bits per heavy atom. The van der Waals surface area contributed by atoms with Crippen molar-refractivity contribution in [2.45, 2.75) is 20.4 Å². The second kappa shape index (κ2) is 5.32. The molecule has 0 aliphatic carbocycles. The van der Waals surface area contributed by atoms with Gasteiger partial charge in [-0.15, -0.1) is 0 Å². The lowest BCUT2D eigenvalue weighted by Gasteiger charge is -2.07. The van der Waals surface area contributed by atoms with Crippen LogP contribution in [0.2, 0.25) is 0 Å². The Hall–Kier alpha value is -1.45. The molecular weight excluding hydrogens is 178 g/mol. The van der Waals surface area contributed by atoms with Gasteiger partial charge in [0.15, 0.2) is 5.96 Å². The number of furan rings is 1. The first-order valence-electron chi connectivity index (χ1n) is 4.73. The summed E-state index contributed by atoms with van der Waals surface area (Å²) >= 11 is 0. The SMILES string of the molecule is CC(C)CNC(N)=NCc1ccoc1. The minimum absolute atomic E-state index is 0.486. The van der Waals surface area contributed by atoms with Crippen LogP contribution >= 0.6 is 0 Å². The van der Waals surface area contributed by atoms with Crippen LogP contribution in [0.1, 0.15) is 19.4 Å². The number of nitrogens with one attached hydrogen (secondary N) is 1. The highest BCUT2D eigenvalue weighted by Gasteiger charge is 1.96. The van der Waals surface area contributed by atoms with Crippen LogP contribution in [0.3, 0.4) is 0 Å². The van der Waals surface area contributed by atoms with E-state index in [1.165, 1.54) is 0 Å². The Kier molecular flexibility index (Phi) is 4.04. The Labute approximate surface area is 84.2 Å². The summed E-state index contributed by atoms with van der Waals surface area (Å²) in [6.45, 7) is 5.65. The zero-order chi connectivity index (χ0) is 10.4. The summed E-state index contributed by atoms with van der Waals surface area (Å²) in [6, 6.07) is 1.87. The van der Waals surface area contributed by atoms with Crippen molar-refractivity contribution in [3.05, 3.63) is 24.2 Å². The van der Waals surface area contributed by atoms with E-state index >= 15 is 0 Å². The van der Waals surface area contributed by atoms with Crippen molar-refractivity contribution < 1.29 is 4.42 Å². The molecule has 0 aliphatic heterocycles. The third kappa shape index (κ3) is 3.98. The van der Waals surface area contributed by atoms with Crippen molar-refractivity contribution in [1.29, 1.82) is 0 Å². The van der Waals surface area contributed by atoms with Gasteiger partial charge in [0.1, 0.15) is 0 Å². The number of hydrogen-bond donors (Lipinski definition) is 2. The number of nitrogens with two attached hydrogens (primary N) is 1. The first kappa shape index (κ1) is 10.6. The van der Waals surface area contributed by atoms with Crippen LogP contribution in [0.5, 0.6) is 0 Å². The van der Waals surface area contributed by atoms with Crippen molar-refractivity contribution in [2.24, 2.45) is 16.6 Å². The number of hydrogen-bond acceptors (Lipinski definition) is 2. The van der Waals surface area contributed by atoms with Crippen molar-refractivity contribution in [1.82, 2.24) is 5.32 Å². The first-order chi connectivity index (χ1) is 6.68. The average molecular weight is 195 g/mol. The maximum absolute atomic E-state index is 5.65. The maximum Gasteiger partial charge on any atom is 0.188 e. The third-order valence-electron chi connectivity index (χ3n) is 1.70. The Bertz CT molecular complexity index is 278. The van der Waals surface area contributed by atoms with Gasteiger partial charge in [0.2, 0.25) is 0 Å². The van der Waals surface area contributed by atoms with Crippen LogP contribution in [0, 0.1) is 5.92 Å². The van der Waals surface area contributed by atoms with E-state index in [0.717, 1.165) is 12.1 Å². The standard InChI is InChI=1S/C10H17N3O/c1-8(2)5-12-10(11)13-6-9-3-4-14-7-9/h3-4,7-8H,5-6H2,1-2H3,(H3,11,12,13). The van der Waals surface area contributed by atoms with E-state index in [-0.39, 0.29) is 0 Å². The molecule has 14 heavy (non-hydrogen) atoms. The molecule has 1 aromatic heterocycles. The lowest BCUT2D eigenvalue weighted by atomic mass is 10.2. The lowest BCUT2D eigenvalue weighted by Crippen LogP contribution is -2.34. The number of guanidine groups is 1. The van der Waals surface area contributed by atoms with Gasteiger partial charge in [0.05, 0.1) is 19.1 Å². The Morgan fingerprint density at radius 2 is 2.43 bits per heavy atom. The van der Waals surface area contributed by atoms with Crippen molar-refractivity contribution >= 4 is 5.96 Å². The number of aliphatic imine (C=N–C) groups is 1. The van der Waals surface area contributed by atoms with Gasteiger partial charge in [-0.05, 0) is 12.0 Å². The molecule has 0 radical (unpaired) electrons. The fourth-order valence-corrected chi connectivity index (χ4v) is 0.924. The largest absolute Gasteiger partial charge is 0.472 e. The molecule has 3 N–H and O–H groups in total. The number of rotatable bonds is 4. The van der Waals surface area contributed by atoms with E-state index in [1.54, 1.807) is 12.5 Å². The molecule has 0 aromatic carbocycles. The molecule has 0 spiro atoms. The fourth-order valence-electron chi connectivity index (χ4n) is 0.924. The summed E-state index contributed by atoms with van der Waals surface area (Å²) in [5.74, 6) is 1.05. The van der Waals surface area contributed by atoms with Crippen LogP contribution in [0.4, 0.5) is 0 Å². The van der Waals surface area contributed by atoms with Gasteiger partial charge in [-0.25, -0.2) is 4.99 Å². The zero-order valence-corrected chi connectivity index (χ0v) is 8.66. The Morgan fingerprint density at radius 1 is 1.64 bits per heavy atom. The summed E-state index contributed by atoms with van der Waals surface area (Å²) in [5.41, 5.74) is 6.67. The molecular formula is C10H17N3O. The molecule has 0 atom stereocenters. The Balaban J connectivity index is 2.30. The van der Waals surface area contributed by atoms with Crippen LogP contribution in [-0.2, 0) is 6.54 Å². The van der Waals surface area contributed by atoms with Crippen molar-refractivity contribution in [3.8, 4) is 0 Å². The quantitative estimate of drug-likeness (QED) is 0.563. The van der Waals surface area contributed by atoms with E-state index in [2.05, 4.69) is 24.2 Å². The second-order valence-corrected chi connectivity index (χ2v) is 3.61. The highest BCUT2D eigenvalue weighted by Crippen LogP contribution is 2.00. The summed E-state index contributed by atoms with van der Waals surface area (Å²) in [5, 5.41) is 3.04. The molecule has 0 fully saturated rings. The lowest BCUT2D eigenvalue weighted by molar-refractivity contribution is 0.564. The first-order valence-corrected chi connectivity index (χ1v) is 4.73. The van der Waals surface area contributed by atoms with Gasteiger partial charge in [0.25, 0.3) is 0 Å². The molecule has 4 nitrogen and oxygen atoms in total. The molecule has 0 unspecified atom stereocenters. The van der Waals surface area contributed by atoms with Crippen LogP contribution in [-0.4, -0.2) is 12.5 Å². The molecule has 78 valence electrons. The minimum Gasteiger partial charge on any atom is -0.472 e. The summed E-state index contributed by atoms with van der Waals surface area (Å²) in [7, 11) is 0. The van der Waals surface area contributed by atoms with E-state index in [4.69, 9.17) is 10.2 Å². The van der Waals surface area contributed by atoms with E-state index in [0.29, 0.717) is 18.4 Å². The normalized spacial score (nSPS) is 12.1. The van der Waals surface area contributed by atoms with Crippen LogP contribution < -0.4 is 11.1 Å². The summed E-state index contributed by atoms with van der Waals surface area (Å²) in [4.78, 5) is 4.16. The molecule has 0 aliphatic rings. The van der Waals surface area contributed by atoms with Gasteiger partial charge in [-0.1, -0.05) is 13.8 Å². The zero-order valence-electron chi connectivity index (χ0n) is 8.66. The van der Waals surface area contributed by atoms with Gasteiger partial charge >= 0.3 is 0 Å². The van der Waals surface area contributed by atoms with Gasteiger partial charge in [0, 0.05) is 12.1 Å². The average Bonchev–Trinajstić information content (AvgIpc) is 2.63. The van der Waals surface area contributed by atoms with E-state index < -0.39 is 0 Å². The molecule has 1 heterocycles. The third-order valence-corrected chi connectivity index (χ3v) is 1.70. The van der Waals surface area contributed by atoms with E-state index in [9.17, 15) is 0 Å². The fraction of sp³-hybridized carbons (Fsp3) is 0.500. The molecule has 0 saturated carbocycles. The van der Waals surface area contributed by atoms with Crippen molar-refractivity contribution in [3.63, 3.8) is 0 Å². The monoisotopic (exact) mass is 195 g/mol. The molecule has 1 aromatic rings.